The molecule has 0 atom stereocenters. The van der Waals surface area contributed by atoms with E-state index in [1.54, 1.807) is 0 Å². The first-order valence-electron chi connectivity index (χ1n) is 7.07. The Balaban J connectivity index is 1.81. The quantitative estimate of drug-likeness (QED) is 0.755. The lowest BCUT2D eigenvalue weighted by Crippen LogP contribution is -2.13. The molecule has 0 unspecified atom stereocenters. The van der Waals surface area contributed by atoms with Crippen LogP contribution in [0.2, 0.25) is 5.02 Å². The summed E-state index contributed by atoms with van der Waals surface area (Å²) in [5.74, 6) is -0.565. The van der Waals surface area contributed by atoms with Gasteiger partial charge in [-0.25, -0.2) is 4.79 Å². The number of hydrogen-bond donors (Lipinski definition) is 2. The average molecular weight is 334 g/mol. The molecule has 0 fully saturated rings. The molecular weight excluding hydrogens is 318 g/mol. The first kappa shape index (κ1) is 16.8. The summed E-state index contributed by atoms with van der Waals surface area (Å²) in [6.45, 7) is 0.417. The Kier molecular flexibility index (Phi) is 6.00. The molecule has 0 saturated heterocycles. The number of amides is 1. The summed E-state index contributed by atoms with van der Waals surface area (Å²) in [6, 6.07) is 13.5. The van der Waals surface area contributed by atoms with Crippen LogP contribution in [0.5, 0.6) is 5.75 Å². The van der Waals surface area contributed by atoms with Crippen LogP contribution in [0.4, 0.5) is 5.69 Å². The van der Waals surface area contributed by atoms with Crippen molar-refractivity contribution in [3.8, 4) is 5.75 Å². The Bertz CT molecular complexity index is 688. The lowest BCUT2D eigenvalue weighted by Gasteiger charge is -2.09. The van der Waals surface area contributed by atoms with E-state index in [-0.39, 0.29) is 17.9 Å². The lowest BCUT2D eigenvalue weighted by molar-refractivity contribution is -0.116. The summed E-state index contributed by atoms with van der Waals surface area (Å²) in [6.07, 6.45) is 0.789. The molecule has 2 N–H and O–H groups in total. The van der Waals surface area contributed by atoms with Crippen LogP contribution in [0.1, 0.15) is 23.2 Å². The molecule has 0 spiro atoms. The van der Waals surface area contributed by atoms with E-state index in [1.807, 2.05) is 30.3 Å². The molecule has 1 amide bonds. The molecule has 0 saturated carbocycles. The van der Waals surface area contributed by atoms with Gasteiger partial charge in [-0.05, 0) is 36.8 Å². The van der Waals surface area contributed by atoms with Gasteiger partial charge >= 0.3 is 5.97 Å². The first-order valence-corrected chi connectivity index (χ1v) is 7.44. The van der Waals surface area contributed by atoms with E-state index >= 15 is 0 Å². The number of hydrogen-bond acceptors (Lipinski definition) is 3. The van der Waals surface area contributed by atoms with Gasteiger partial charge in [0.05, 0.1) is 22.9 Å². The third kappa shape index (κ3) is 5.30. The summed E-state index contributed by atoms with van der Waals surface area (Å²) >= 11 is 5.95. The predicted molar refractivity (Wildman–Crippen MR) is 88.2 cm³/mol. The second-order valence-corrected chi connectivity index (χ2v) is 5.22. The molecule has 0 aliphatic heterocycles. The summed E-state index contributed by atoms with van der Waals surface area (Å²) in [5, 5.41) is 11.9. The van der Waals surface area contributed by atoms with Crippen LogP contribution in [0.25, 0.3) is 0 Å². The number of anilines is 1. The van der Waals surface area contributed by atoms with Crippen molar-refractivity contribution in [2.45, 2.75) is 12.8 Å². The highest BCUT2D eigenvalue weighted by atomic mass is 35.5. The summed E-state index contributed by atoms with van der Waals surface area (Å²) < 4.78 is 5.50. The fourth-order valence-electron chi connectivity index (χ4n) is 1.91. The largest absolute Gasteiger partial charge is 0.494 e. The minimum atomic E-state index is -1.08. The normalized spacial score (nSPS) is 10.1. The van der Waals surface area contributed by atoms with Gasteiger partial charge in [0.2, 0.25) is 5.91 Å². The number of para-hydroxylation sites is 1. The first-order chi connectivity index (χ1) is 11.1. The fraction of sp³-hybridized carbons (Fsp3) is 0.176. The highest BCUT2D eigenvalue weighted by molar-refractivity contribution is 6.33. The summed E-state index contributed by atoms with van der Waals surface area (Å²) in [5.41, 5.74) is 0.359. The number of carbonyl (C=O) groups excluding carboxylic acids is 1. The minimum Gasteiger partial charge on any atom is -0.494 e. The second-order valence-electron chi connectivity index (χ2n) is 4.81. The third-order valence-corrected chi connectivity index (χ3v) is 3.38. The number of carboxylic acid groups (broad SMARTS) is 1. The van der Waals surface area contributed by atoms with Gasteiger partial charge < -0.3 is 15.2 Å². The van der Waals surface area contributed by atoms with Crippen LogP contribution in [-0.2, 0) is 4.79 Å². The molecule has 0 bridgehead atoms. The van der Waals surface area contributed by atoms with Gasteiger partial charge in [-0.3, -0.25) is 4.79 Å². The van der Waals surface area contributed by atoms with E-state index in [0.717, 1.165) is 5.75 Å². The molecule has 6 heteroatoms. The van der Waals surface area contributed by atoms with E-state index in [0.29, 0.717) is 23.7 Å². The van der Waals surface area contributed by atoms with Gasteiger partial charge in [0.1, 0.15) is 5.75 Å². The van der Waals surface area contributed by atoms with E-state index in [1.165, 1.54) is 18.2 Å². The van der Waals surface area contributed by atoms with Gasteiger partial charge in [-0.15, -0.1) is 0 Å². The third-order valence-electron chi connectivity index (χ3n) is 3.05. The molecule has 120 valence electrons. The SMILES string of the molecule is O=C(CCCOc1ccccc1)Nc1cc(C(=O)O)ccc1Cl. The van der Waals surface area contributed by atoms with Crippen LogP contribution in [0.3, 0.4) is 0 Å². The minimum absolute atomic E-state index is 0.0668. The van der Waals surface area contributed by atoms with Crippen molar-refractivity contribution in [1.29, 1.82) is 0 Å². The number of carboxylic acids is 1. The number of aromatic carboxylic acids is 1. The van der Waals surface area contributed by atoms with E-state index in [4.69, 9.17) is 21.4 Å². The zero-order valence-corrected chi connectivity index (χ0v) is 13.0. The van der Waals surface area contributed by atoms with Crippen LogP contribution in [0, 0.1) is 0 Å². The van der Waals surface area contributed by atoms with Gasteiger partial charge in [-0.2, -0.15) is 0 Å². The molecule has 0 aliphatic rings. The molecule has 0 radical (unpaired) electrons. The van der Waals surface area contributed by atoms with Gasteiger partial charge in [-0.1, -0.05) is 29.8 Å². The van der Waals surface area contributed by atoms with Crippen molar-refractivity contribution in [2.24, 2.45) is 0 Å². The zero-order valence-electron chi connectivity index (χ0n) is 12.3. The Morgan fingerprint density at radius 2 is 1.87 bits per heavy atom. The van der Waals surface area contributed by atoms with Crippen molar-refractivity contribution in [3.63, 3.8) is 0 Å². The number of benzene rings is 2. The number of halogens is 1. The number of nitrogens with one attached hydrogen (secondary N) is 1. The van der Waals surface area contributed by atoms with Gasteiger partial charge in [0, 0.05) is 6.42 Å². The second kappa shape index (κ2) is 8.19. The molecule has 0 aromatic heterocycles. The lowest BCUT2D eigenvalue weighted by atomic mass is 10.2. The maximum Gasteiger partial charge on any atom is 0.335 e. The predicted octanol–water partition coefficient (Wildman–Crippen LogP) is 3.84. The molecule has 5 nitrogen and oxygen atoms in total. The molecule has 2 rings (SSSR count). The summed E-state index contributed by atoms with van der Waals surface area (Å²) in [4.78, 5) is 22.8. The van der Waals surface area contributed by atoms with Crippen LogP contribution in [0.15, 0.2) is 48.5 Å². The Hall–Kier alpha value is -2.53. The standard InChI is InChI=1S/C17H16ClNO4/c18-14-9-8-12(17(21)22)11-15(14)19-16(20)7-4-10-23-13-5-2-1-3-6-13/h1-3,5-6,8-9,11H,4,7,10H2,(H,19,20)(H,21,22). The fourth-order valence-corrected chi connectivity index (χ4v) is 2.07. The van der Waals surface area contributed by atoms with E-state index in [2.05, 4.69) is 5.32 Å². The number of rotatable bonds is 7. The smallest absolute Gasteiger partial charge is 0.335 e. The van der Waals surface area contributed by atoms with Gasteiger partial charge in [0.25, 0.3) is 0 Å². The Labute approximate surface area is 138 Å². The maximum absolute atomic E-state index is 11.9. The maximum atomic E-state index is 11.9. The van der Waals surface area contributed by atoms with E-state index < -0.39 is 5.97 Å². The highest BCUT2D eigenvalue weighted by Gasteiger charge is 2.10. The van der Waals surface area contributed by atoms with Crippen LogP contribution >= 0.6 is 11.6 Å². The zero-order chi connectivity index (χ0) is 16.7. The number of carbonyl (C=O) groups is 2. The topological polar surface area (TPSA) is 75.6 Å². The highest BCUT2D eigenvalue weighted by Crippen LogP contribution is 2.23. The van der Waals surface area contributed by atoms with Crippen molar-refractivity contribution in [1.82, 2.24) is 0 Å². The Morgan fingerprint density at radius 1 is 1.13 bits per heavy atom. The molecule has 2 aromatic carbocycles. The van der Waals surface area contributed by atoms with Crippen molar-refractivity contribution in [3.05, 3.63) is 59.1 Å². The molecule has 0 aliphatic carbocycles. The van der Waals surface area contributed by atoms with Crippen molar-refractivity contribution < 1.29 is 19.4 Å². The molecule has 2 aromatic rings. The summed E-state index contributed by atoms with van der Waals surface area (Å²) in [7, 11) is 0. The van der Waals surface area contributed by atoms with Gasteiger partial charge in [0.15, 0.2) is 0 Å². The molecule has 0 heterocycles. The van der Waals surface area contributed by atoms with Crippen molar-refractivity contribution >= 4 is 29.2 Å². The number of ether oxygens (including phenoxy) is 1. The molecular formula is C17H16ClNO4. The van der Waals surface area contributed by atoms with E-state index in [9.17, 15) is 9.59 Å². The van der Waals surface area contributed by atoms with Crippen molar-refractivity contribution in [2.75, 3.05) is 11.9 Å². The van der Waals surface area contributed by atoms with Crippen LogP contribution < -0.4 is 10.1 Å². The Morgan fingerprint density at radius 3 is 2.57 bits per heavy atom. The molecule has 23 heavy (non-hydrogen) atoms. The average Bonchev–Trinajstić information content (AvgIpc) is 2.54. The van der Waals surface area contributed by atoms with Crippen LogP contribution in [-0.4, -0.2) is 23.6 Å². The monoisotopic (exact) mass is 333 g/mol.